The van der Waals surface area contributed by atoms with E-state index in [2.05, 4.69) is 16.9 Å². The average Bonchev–Trinajstić information content (AvgIpc) is 2.38. The van der Waals surface area contributed by atoms with E-state index in [4.69, 9.17) is 0 Å². The number of rotatable bonds is 8. The lowest BCUT2D eigenvalue weighted by atomic mass is 10.2. The molecule has 3 nitrogen and oxygen atoms in total. The molecule has 0 radical (unpaired) electrons. The molecule has 0 aliphatic rings. The summed E-state index contributed by atoms with van der Waals surface area (Å²) in [5.74, 6) is 1.21. The van der Waals surface area contributed by atoms with E-state index in [1.165, 1.54) is 18.6 Å². The summed E-state index contributed by atoms with van der Waals surface area (Å²) in [6.45, 7) is 4.91. The second-order valence-electron chi connectivity index (χ2n) is 4.83. The van der Waals surface area contributed by atoms with Crippen molar-refractivity contribution >= 4 is 23.4 Å². The number of thioether (sulfide) groups is 1. The minimum Gasteiger partial charge on any atom is -0.385 e. The monoisotopic (exact) mass is 280 g/mol. The maximum atomic E-state index is 11.8. The van der Waals surface area contributed by atoms with Crippen LogP contribution in [0.2, 0.25) is 0 Å². The number of hydrogen-bond acceptors (Lipinski definition) is 3. The molecule has 1 aromatic rings. The SMILES string of the molecule is CSCCCCNc1ccc(C(=O)NC(C)C)cc1. The summed E-state index contributed by atoms with van der Waals surface area (Å²) >= 11 is 1.89. The molecule has 0 aromatic heterocycles. The van der Waals surface area contributed by atoms with Gasteiger partial charge in [-0.2, -0.15) is 11.8 Å². The third-order valence-electron chi connectivity index (χ3n) is 2.67. The summed E-state index contributed by atoms with van der Waals surface area (Å²) in [5, 5.41) is 6.25. The Morgan fingerprint density at radius 1 is 1.21 bits per heavy atom. The van der Waals surface area contributed by atoms with E-state index in [1.54, 1.807) is 0 Å². The molecule has 0 unspecified atom stereocenters. The number of anilines is 1. The van der Waals surface area contributed by atoms with Gasteiger partial charge < -0.3 is 10.6 Å². The maximum absolute atomic E-state index is 11.8. The minimum absolute atomic E-state index is 0.0125. The summed E-state index contributed by atoms with van der Waals surface area (Å²) in [7, 11) is 0. The van der Waals surface area contributed by atoms with Crippen LogP contribution in [0.3, 0.4) is 0 Å². The molecule has 1 amide bonds. The summed E-state index contributed by atoms with van der Waals surface area (Å²) in [6.07, 6.45) is 4.55. The first-order valence-electron chi connectivity index (χ1n) is 6.77. The van der Waals surface area contributed by atoms with Crippen molar-refractivity contribution in [2.45, 2.75) is 32.7 Å². The highest BCUT2D eigenvalue weighted by atomic mass is 32.2. The molecule has 0 aliphatic heterocycles. The number of hydrogen-bond donors (Lipinski definition) is 2. The summed E-state index contributed by atoms with van der Waals surface area (Å²) < 4.78 is 0. The van der Waals surface area contributed by atoms with Gasteiger partial charge in [0, 0.05) is 23.8 Å². The summed E-state index contributed by atoms with van der Waals surface area (Å²) in [6, 6.07) is 7.82. The fraction of sp³-hybridized carbons (Fsp3) is 0.533. The van der Waals surface area contributed by atoms with Gasteiger partial charge in [-0.1, -0.05) is 0 Å². The van der Waals surface area contributed by atoms with Crippen LogP contribution >= 0.6 is 11.8 Å². The average molecular weight is 280 g/mol. The fourth-order valence-corrected chi connectivity index (χ4v) is 2.18. The number of nitrogens with one attached hydrogen (secondary N) is 2. The molecule has 0 aliphatic carbocycles. The van der Waals surface area contributed by atoms with Gasteiger partial charge in [-0.05, 0) is 63.0 Å². The zero-order valence-electron chi connectivity index (χ0n) is 12.0. The van der Waals surface area contributed by atoms with Gasteiger partial charge in [-0.15, -0.1) is 0 Å². The number of carbonyl (C=O) groups excluding carboxylic acids is 1. The number of unbranched alkanes of at least 4 members (excludes halogenated alkanes) is 1. The molecule has 4 heteroatoms. The first kappa shape index (κ1) is 15.9. The van der Waals surface area contributed by atoms with Crippen molar-refractivity contribution < 1.29 is 4.79 Å². The van der Waals surface area contributed by atoms with E-state index >= 15 is 0 Å². The molecule has 0 fully saturated rings. The molecule has 2 N–H and O–H groups in total. The van der Waals surface area contributed by atoms with Crippen molar-refractivity contribution in [2.75, 3.05) is 23.9 Å². The molecule has 0 atom stereocenters. The van der Waals surface area contributed by atoms with Gasteiger partial charge in [-0.3, -0.25) is 4.79 Å². The Morgan fingerprint density at radius 2 is 1.89 bits per heavy atom. The Balaban J connectivity index is 2.37. The third-order valence-corrected chi connectivity index (χ3v) is 3.37. The first-order chi connectivity index (χ1) is 9.13. The zero-order chi connectivity index (χ0) is 14.1. The lowest BCUT2D eigenvalue weighted by molar-refractivity contribution is 0.0943. The van der Waals surface area contributed by atoms with Gasteiger partial charge in [-0.25, -0.2) is 0 Å². The smallest absolute Gasteiger partial charge is 0.251 e. The molecular formula is C15H24N2OS. The van der Waals surface area contributed by atoms with Crippen LogP contribution < -0.4 is 10.6 Å². The number of amides is 1. The second-order valence-corrected chi connectivity index (χ2v) is 5.82. The highest BCUT2D eigenvalue weighted by Crippen LogP contribution is 2.10. The van der Waals surface area contributed by atoms with Crippen molar-refractivity contribution in [1.29, 1.82) is 0 Å². The first-order valence-corrected chi connectivity index (χ1v) is 8.16. The molecule has 106 valence electrons. The quantitative estimate of drug-likeness (QED) is 0.717. The summed E-state index contributed by atoms with van der Waals surface area (Å²) in [4.78, 5) is 11.8. The molecule has 0 heterocycles. The second kappa shape index (κ2) is 8.86. The van der Waals surface area contributed by atoms with Crippen LogP contribution in [0.4, 0.5) is 5.69 Å². The number of benzene rings is 1. The van der Waals surface area contributed by atoms with Crippen molar-refractivity contribution in [3.05, 3.63) is 29.8 Å². The van der Waals surface area contributed by atoms with Crippen LogP contribution in [-0.2, 0) is 0 Å². The van der Waals surface area contributed by atoms with Crippen molar-refractivity contribution in [3.63, 3.8) is 0 Å². The maximum Gasteiger partial charge on any atom is 0.251 e. The molecule has 0 spiro atoms. The largest absolute Gasteiger partial charge is 0.385 e. The van der Waals surface area contributed by atoms with Gasteiger partial charge in [0.15, 0.2) is 0 Å². The molecule has 0 bridgehead atoms. The minimum atomic E-state index is -0.0125. The highest BCUT2D eigenvalue weighted by Gasteiger charge is 2.05. The van der Waals surface area contributed by atoms with Crippen molar-refractivity contribution in [1.82, 2.24) is 5.32 Å². The van der Waals surface area contributed by atoms with Crippen molar-refractivity contribution in [3.8, 4) is 0 Å². The van der Waals surface area contributed by atoms with Gasteiger partial charge >= 0.3 is 0 Å². The Kier molecular flexibility index (Phi) is 7.41. The molecule has 0 saturated carbocycles. The Labute approximate surface area is 120 Å². The molecule has 1 aromatic carbocycles. The van der Waals surface area contributed by atoms with Crippen LogP contribution in [0.5, 0.6) is 0 Å². The van der Waals surface area contributed by atoms with Gasteiger partial charge in [0.1, 0.15) is 0 Å². The Hall–Kier alpha value is -1.16. The Bertz CT molecular complexity index is 376. The third kappa shape index (κ3) is 6.53. The van der Waals surface area contributed by atoms with Crippen LogP contribution in [0.25, 0.3) is 0 Å². The van der Waals surface area contributed by atoms with E-state index in [-0.39, 0.29) is 11.9 Å². The Morgan fingerprint density at radius 3 is 2.47 bits per heavy atom. The zero-order valence-corrected chi connectivity index (χ0v) is 12.8. The fourth-order valence-electron chi connectivity index (χ4n) is 1.69. The van der Waals surface area contributed by atoms with E-state index in [1.807, 2.05) is 49.9 Å². The van der Waals surface area contributed by atoms with Gasteiger partial charge in [0.05, 0.1) is 0 Å². The molecule has 1 rings (SSSR count). The van der Waals surface area contributed by atoms with Crippen LogP contribution in [0.15, 0.2) is 24.3 Å². The van der Waals surface area contributed by atoms with E-state index in [9.17, 15) is 4.79 Å². The van der Waals surface area contributed by atoms with Gasteiger partial charge in [0.25, 0.3) is 5.91 Å². The van der Waals surface area contributed by atoms with Crippen LogP contribution in [-0.4, -0.2) is 30.5 Å². The van der Waals surface area contributed by atoms with Crippen molar-refractivity contribution in [2.24, 2.45) is 0 Å². The lowest BCUT2D eigenvalue weighted by Crippen LogP contribution is -2.29. The van der Waals surface area contributed by atoms with Crippen LogP contribution in [0.1, 0.15) is 37.0 Å². The standard InChI is InChI=1S/C15H24N2OS/c1-12(2)17-15(18)13-6-8-14(9-7-13)16-10-4-5-11-19-3/h6-9,12,16H,4-5,10-11H2,1-3H3,(H,17,18). The normalized spacial score (nSPS) is 10.5. The predicted molar refractivity (Wildman–Crippen MR) is 85.1 cm³/mol. The van der Waals surface area contributed by atoms with Crippen LogP contribution in [0, 0.1) is 0 Å². The lowest BCUT2D eigenvalue weighted by Gasteiger charge is -2.09. The molecule has 0 saturated heterocycles. The predicted octanol–water partition coefficient (Wildman–Crippen LogP) is 3.38. The van der Waals surface area contributed by atoms with E-state index in [0.717, 1.165) is 12.2 Å². The highest BCUT2D eigenvalue weighted by molar-refractivity contribution is 7.98. The van der Waals surface area contributed by atoms with E-state index < -0.39 is 0 Å². The van der Waals surface area contributed by atoms with E-state index in [0.29, 0.717) is 5.56 Å². The number of carbonyl (C=O) groups is 1. The van der Waals surface area contributed by atoms with Gasteiger partial charge in [0.2, 0.25) is 0 Å². The molecule has 19 heavy (non-hydrogen) atoms. The topological polar surface area (TPSA) is 41.1 Å². The summed E-state index contributed by atoms with van der Waals surface area (Å²) in [5.41, 5.74) is 1.78. The molecular weight excluding hydrogens is 256 g/mol.